The Morgan fingerprint density at radius 1 is 0.929 bits per heavy atom. The standard InChI is InChI=1S/C34H38N4O3S/c35-25-34(28-6-2-1-3-7-28,33-8-4-5-27(33)24-39)29-15-19-37(20-16-29)21-26-22-38(23-26)30-9-11-31(12-10-30)42(40,41)32-13-17-36-18-14-32/h1-3,6-14,17-18,26-27,29,39H,4-5,15-16,19-24H2/t27-,34?/m0/s1. The number of aliphatic hydroxyl groups excluding tert-OH is 1. The third-order valence-corrected chi connectivity index (χ3v) is 11.3. The lowest BCUT2D eigenvalue weighted by atomic mass is 9.61. The predicted octanol–water partition coefficient (Wildman–Crippen LogP) is 4.85. The van der Waals surface area contributed by atoms with Gasteiger partial charge in [-0.05, 0) is 92.2 Å². The van der Waals surface area contributed by atoms with Gasteiger partial charge in [0, 0.05) is 56.2 Å². The maximum absolute atomic E-state index is 12.9. The molecule has 2 aliphatic heterocycles. The van der Waals surface area contributed by atoms with Gasteiger partial charge in [-0.25, -0.2) is 8.42 Å². The van der Waals surface area contributed by atoms with Crippen molar-refractivity contribution in [2.75, 3.05) is 44.2 Å². The molecule has 42 heavy (non-hydrogen) atoms. The van der Waals surface area contributed by atoms with Crippen LogP contribution in [0.2, 0.25) is 0 Å². The molecule has 0 bridgehead atoms. The number of rotatable bonds is 9. The van der Waals surface area contributed by atoms with Gasteiger partial charge in [-0.1, -0.05) is 36.4 Å². The molecule has 1 aromatic heterocycles. The van der Waals surface area contributed by atoms with Crippen LogP contribution in [-0.4, -0.2) is 62.7 Å². The van der Waals surface area contributed by atoms with Crippen LogP contribution in [-0.2, 0) is 15.3 Å². The highest BCUT2D eigenvalue weighted by atomic mass is 32.2. The van der Waals surface area contributed by atoms with Crippen LogP contribution in [0.5, 0.6) is 0 Å². The van der Waals surface area contributed by atoms with E-state index < -0.39 is 15.3 Å². The third kappa shape index (κ3) is 5.26. The summed E-state index contributed by atoms with van der Waals surface area (Å²) in [6.07, 6.45) is 8.98. The van der Waals surface area contributed by atoms with Crippen LogP contribution in [0.25, 0.3) is 0 Å². The molecular weight excluding hydrogens is 544 g/mol. The number of sulfone groups is 1. The zero-order valence-corrected chi connectivity index (χ0v) is 24.7. The van der Waals surface area contributed by atoms with Crippen molar-refractivity contribution in [2.24, 2.45) is 17.8 Å². The molecule has 2 atom stereocenters. The lowest BCUT2D eigenvalue weighted by molar-refractivity contribution is 0.127. The van der Waals surface area contributed by atoms with Crippen LogP contribution < -0.4 is 4.90 Å². The van der Waals surface area contributed by atoms with E-state index in [0.717, 1.165) is 75.2 Å². The lowest BCUT2D eigenvalue weighted by Crippen LogP contribution is -2.53. The van der Waals surface area contributed by atoms with Gasteiger partial charge in [0.15, 0.2) is 0 Å². The zero-order valence-electron chi connectivity index (χ0n) is 23.8. The number of nitriles is 1. The first-order valence-electron chi connectivity index (χ1n) is 15.0. The van der Waals surface area contributed by atoms with Crippen LogP contribution in [0.4, 0.5) is 5.69 Å². The van der Waals surface area contributed by atoms with Gasteiger partial charge in [0.2, 0.25) is 9.84 Å². The molecule has 3 aromatic rings. The number of piperidine rings is 1. The van der Waals surface area contributed by atoms with E-state index in [1.54, 1.807) is 12.1 Å². The largest absolute Gasteiger partial charge is 0.396 e. The fourth-order valence-corrected chi connectivity index (χ4v) is 8.54. The minimum atomic E-state index is -3.55. The first-order chi connectivity index (χ1) is 20.5. The summed E-state index contributed by atoms with van der Waals surface area (Å²) in [4.78, 5) is 9.30. The second-order valence-corrected chi connectivity index (χ2v) is 13.9. The molecule has 0 amide bonds. The first kappa shape index (κ1) is 28.6. The monoisotopic (exact) mass is 582 g/mol. The Kier molecular flexibility index (Phi) is 8.17. The molecule has 6 rings (SSSR count). The molecule has 0 spiro atoms. The Morgan fingerprint density at radius 3 is 2.24 bits per heavy atom. The normalized spacial score (nSPS) is 21.8. The van der Waals surface area contributed by atoms with Crippen LogP contribution in [0.1, 0.15) is 31.2 Å². The summed E-state index contributed by atoms with van der Waals surface area (Å²) in [6, 6.07) is 23.2. The Bertz CT molecular complexity index is 1540. The van der Waals surface area contributed by atoms with Crippen molar-refractivity contribution in [3.8, 4) is 6.07 Å². The molecular formula is C34H38N4O3S. The minimum absolute atomic E-state index is 0.0636. The van der Waals surface area contributed by atoms with Gasteiger partial charge < -0.3 is 14.9 Å². The molecule has 1 unspecified atom stereocenters. The topological polar surface area (TPSA) is 97.5 Å². The average molecular weight is 583 g/mol. The number of hydrogen-bond donors (Lipinski definition) is 1. The van der Waals surface area contributed by atoms with Crippen LogP contribution in [0.3, 0.4) is 0 Å². The molecule has 0 radical (unpaired) electrons. The number of allylic oxidation sites excluding steroid dienone is 1. The highest BCUT2D eigenvalue weighted by Crippen LogP contribution is 2.49. The lowest BCUT2D eigenvalue weighted by Gasteiger charge is -2.46. The van der Waals surface area contributed by atoms with E-state index in [-0.39, 0.29) is 23.3 Å². The van der Waals surface area contributed by atoms with Crippen molar-refractivity contribution < 1.29 is 13.5 Å². The summed E-state index contributed by atoms with van der Waals surface area (Å²) >= 11 is 0. The number of benzene rings is 2. The van der Waals surface area contributed by atoms with Crippen LogP contribution >= 0.6 is 0 Å². The van der Waals surface area contributed by atoms with E-state index >= 15 is 0 Å². The fraction of sp³-hybridized carbons (Fsp3) is 0.412. The highest BCUT2D eigenvalue weighted by molar-refractivity contribution is 7.91. The molecule has 218 valence electrons. The number of likely N-dealkylation sites (tertiary alicyclic amines) is 1. The number of pyridine rings is 1. The molecule has 0 saturated carbocycles. The molecule has 3 aliphatic rings. The van der Waals surface area contributed by atoms with Crippen molar-refractivity contribution in [1.29, 1.82) is 5.26 Å². The second kappa shape index (κ2) is 12.0. The molecule has 2 aromatic carbocycles. The van der Waals surface area contributed by atoms with E-state index in [4.69, 9.17) is 0 Å². The highest BCUT2D eigenvalue weighted by Gasteiger charge is 2.48. The number of nitrogens with zero attached hydrogens (tertiary/aromatic N) is 4. The average Bonchev–Trinajstić information content (AvgIpc) is 3.50. The SMILES string of the molecule is N#CC(C1=CCC[C@H]1CO)(c1ccccc1)C1CCN(CC2CN(c3ccc(S(=O)(=O)c4ccncc4)cc3)C2)CC1. The minimum Gasteiger partial charge on any atom is -0.396 e. The zero-order chi connectivity index (χ0) is 29.2. The van der Waals surface area contributed by atoms with Crippen molar-refractivity contribution in [2.45, 2.75) is 40.9 Å². The number of aromatic nitrogens is 1. The summed E-state index contributed by atoms with van der Waals surface area (Å²) in [7, 11) is -3.55. The molecule has 1 N–H and O–H groups in total. The number of hydrogen-bond acceptors (Lipinski definition) is 7. The molecule has 2 fully saturated rings. The van der Waals surface area contributed by atoms with Gasteiger partial charge in [0.05, 0.1) is 15.9 Å². The van der Waals surface area contributed by atoms with E-state index in [0.29, 0.717) is 10.8 Å². The van der Waals surface area contributed by atoms with Crippen LogP contribution in [0.15, 0.2) is 101 Å². The maximum Gasteiger partial charge on any atom is 0.206 e. The van der Waals surface area contributed by atoms with Crippen molar-refractivity contribution >= 4 is 15.5 Å². The van der Waals surface area contributed by atoms with Crippen molar-refractivity contribution in [1.82, 2.24) is 9.88 Å². The Labute approximate surface area is 249 Å². The Morgan fingerprint density at radius 2 is 1.60 bits per heavy atom. The smallest absolute Gasteiger partial charge is 0.206 e. The number of aliphatic hydroxyl groups is 1. The van der Waals surface area contributed by atoms with Gasteiger partial charge in [-0.3, -0.25) is 4.98 Å². The third-order valence-electron chi connectivity index (χ3n) is 9.55. The second-order valence-electron chi connectivity index (χ2n) is 11.9. The van der Waals surface area contributed by atoms with E-state index in [2.05, 4.69) is 39.1 Å². The molecule has 3 heterocycles. The molecule has 2 saturated heterocycles. The van der Waals surface area contributed by atoms with Crippen molar-refractivity contribution in [3.05, 3.63) is 96.3 Å². The predicted molar refractivity (Wildman–Crippen MR) is 163 cm³/mol. The maximum atomic E-state index is 12.9. The van der Waals surface area contributed by atoms with E-state index in [1.165, 1.54) is 24.5 Å². The van der Waals surface area contributed by atoms with Gasteiger partial charge in [0.25, 0.3) is 0 Å². The van der Waals surface area contributed by atoms with Gasteiger partial charge in [-0.15, -0.1) is 0 Å². The summed E-state index contributed by atoms with van der Waals surface area (Å²) in [5.41, 5.74) is 2.56. The van der Waals surface area contributed by atoms with Crippen molar-refractivity contribution in [3.63, 3.8) is 0 Å². The molecule has 1 aliphatic carbocycles. The van der Waals surface area contributed by atoms with Gasteiger partial charge >= 0.3 is 0 Å². The summed E-state index contributed by atoms with van der Waals surface area (Å²) in [6.45, 7) is 4.97. The first-order valence-corrected chi connectivity index (χ1v) is 16.4. The van der Waals surface area contributed by atoms with E-state index in [1.807, 2.05) is 30.3 Å². The quantitative estimate of drug-likeness (QED) is 0.360. The van der Waals surface area contributed by atoms with Gasteiger partial charge in [-0.2, -0.15) is 5.26 Å². The fourth-order valence-electron chi connectivity index (χ4n) is 7.29. The number of anilines is 1. The molecule has 8 heteroatoms. The summed E-state index contributed by atoms with van der Waals surface area (Å²) < 4.78 is 25.8. The summed E-state index contributed by atoms with van der Waals surface area (Å²) in [5.74, 6) is 0.848. The summed E-state index contributed by atoms with van der Waals surface area (Å²) in [5, 5.41) is 20.9. The molecule has 7 nitrogen and oxygen atoms in total. The Hall–Kier alpha value is -3.51. The van der Waals surface area contributed by atoms with Gasteiger partial charge in [0.1, 0.15) is 5.41 Å². The van der Waals surface area contributed by atoms with E-state index in [9.17, 15) is 18.8 Å². The Balaban J connectivity index is 1.06. The van der Waals surface area contributed by atoms with Crippen LogP contribution in [0, 0.1) is 29.1 Å².